The fourth-order valence-corrected chi connectivity index (χ4v) is 3.05. The Morgan fingerprint density at radius 3 is 2.24 bits per heavy atom. The van der Waals surface area contributed by atoms with Crippen LogP contribution < -0.4 is 5.32 Å². The third-order valence-electron chi connectivity index (χ3n) is 3.12. The van der Waals surface area contributed by atoms with Crippen LogP contribution in [0.25, 0.3) is 0 Å². The Hall–Kier alpha value is -0.470. The molecule has 0 aromatic heterocycles. The van der Waals surface area contributed by atoms with Crippen molar-refractivity contribution in [3.05, 3.63) is 34.9 Å². The summed E-state index contributed by atoms with van der Waals surface area (Å²) < 4.78 is 0. The zero-order chi connectivity index (χ0) is 12.8. The standard InChI is InChI=1S/C15H25NS/c1-6-13(4)17-10-15(16-5)14-8-11(2)7-12(3)9-14/h7-9,13,15-16H,6,10H2,1-5H3. The molecule has 1 rings (SSSR count). The highest BCUT2D eigenvalue weighted by Gasteiger charge is 2.11. The summed E-state index contributed by atoms with van der Waals surface area (Å²) in [5.41, 5.74) is 4.13. The molecule has 0 bridgehead atoms. The van der Waals surface area contributed by atoms with Crippen molar-refractivity contribution in [3.63, 3.8) is 0 Å². The molecule has 0 saturated heterocycles. The number of hydrogen-bond donors (Lipinski definition) is 1. The molecule has 0 radical (unpaired) electrons. The lowest BCUT2D eigenvalue weighted by Crippen LogP contribution is -2.20. The Labute approximate surface area is 110 Å². The van der Waals surface area contributed by atoms with Crippen molar-refractivity contribution in [2.24, 2.45) is 0 Å². The minimum Gasteiger partial charge on any atom is -0.312 e. The van der Waals surface area contributed by atoms with E-state index >= 15 is 0 Å². The van der Waals surface area contributed by atoms with Crippen LogP contribution in [0.5, 0.6) is 0 Å². The average Bonchev–Trinajstić information content (AvgIpc) is 2.28. The van der Waals surface area contributed by atoms with Crippen LogP contribution >= 0.6 is 11.8 Å². The van der Waals surface area contributed by atoms with Gasteiger partial charge in [0.05, 0.1) is 0 Å². The predicted octanol–water partition coefficient (Wildman–Crippen LogP) is 4.10. The SMILES string of the molecule is CCC(C)SCC(NC)c1cc(C)cc(C)c1. The highest BCUT2D eigenvalue weighted by Crippen LogP contribution is 2.24. The van der Waals surface area contributed by atoms with Crippen molar-refractivity contribution in [2.45, 2.75) is 45.4 Å². The average molecular weight is 251 g/mol. The van der Waals surface area contributed by atoms with Gasteiger partial charge in [0.15, 0.2) is 0 Å². The molecule has 2 unspecified atom stereocenters. The van der Waals surface area contributed by atoms with Gasteiger partial charge in [-0.3, -0.25) is 0 Å². The van der Waals surface area contributed by atoms with Crippen molar-refractivity contribution < 1.29 is 0 Å². The fraction of sp³-hybridized carbons (Fsp3) is 0.600. The summed E-state index contributed by atoms with van der Waals surface area (Å²) in [4.78, 5) is 0. The lowest BCUT2D eigenvalue weighted by molar-refractivity contribution is 0.659. The summed E-state index contributed by atoms with van der Waals surface area (Å²) in [7, 11) is 2.06. The molecule has 96 valence electrons. The number of rotatable bonds is 6. The Morgan fingerprint density at radius 1 is 1.18 bits per heavy atom. The van der Waals surface area contributed by atoms with Gasteiger partial charge in [0, 0.05) is 17.0 Å². The molecule has 0 aliphatic carbocycles. The van der Waals surface area contributed by atoms with Gasteiger partial charge >= 0.3 is 0 Å². The van der Waals surface area contributed by atoms with Gasteiger partial charge in [-0.05, 0) is 32.9 Å². The van der Waals surface area contributed by atoms with Crippen LogP contribution in [0, 0.1) is 13.8 Å². The molecule has 1 aromatic carbocycles. The Kier molecular flexibility index (Phi) is 6.07. The molecule has 2 atom stereocenters. The largest absolute Gasteiger partial charge is 0.312 e. The van der Waals surface area contributed by atoms with E-state index in [1.807, 2.05) is 0 Å². The maximum atomic E-state index is 3.43. The Bertz CT molecular complexity index is 329. The number of benzene rings is 1. The Morgan fingerprint density at radius 2 is 1.76 bits per heavy atom. The second-order valence-corrected chi connectivity index (χ2v) is 6.29. The number of hydrogen-bond acceptors (Lipinski definition) is 2. The second kappa shape index (κ2) is 7.07. The fourth-order valence-electron chi connectivity index (χ4n) is 1.94. The highest BCUT2D eigenvalue weighted by molar-refractivity contribution is 7.99. The van der Waals surface area contributed by atoms with Gasteiger partial charge in [-0.15, -0.1) is 0 Å². The van der Waals surface area contributed by atoms with E-state index in [2.05, 4.69) is 70.0 Å². The van der Waals surface area contributed by atoms with Gasteiger partial charge in [0.25, 0.3) is 0 Å². The molecular weight excluding hydrogens is 226 g/mol. The van der Waals surface area contributed by atoms with Gasteiger partial charge in [-0.2, -0.15) is 11.8 Å². The third-order valence-corrected chi connectivity index (χ3v) is 4.55. The van der Waals surface area contributed by atoms with Gasteiger partial charge < -0.3 is 5.32 Å². The van der Waals surface area contributed by atoms with Crippen LogP contribution in [0.2, 0.25) is 0 Å². The minimum atomic E-state index is 0.465. The smallest absolute Gasteiger partial charge is 0.0409 e. The first-order chi connectivity index (χ1) is 8.06. The van der Waals surface area contributed by atoms with Gasteiger partial charge in [-0.25, -0.2) is 0 Å². The lowest BCUT2D eigenvalue weighted by atomic mass is 10.0. The maximum absolute atomic E-state index is 3.43. The van der Waals surface area contributed by atoms with E-state index in [0.717, 1.165) is 11.0 Å². The van der Waals surface area contributed by atoms with E-state index in [0.29, 0.717) is 6.04 Å². The summed E-state index contributed by atoms with van der Waals surface area (Å²) in [6, 6.07) is 7.29. The third kappa shape index (κ3) is 4.72. The van der Waals surface area contributed by atoms with Crippen molar-refractivity contribution in [3.8, 4) is 0 Å². The summed E-state index contributed by atoms with van der Waals surface area (Å²) >= 11 is 2.05. The van der Waals surface area contributed by atoms with Crippen LogP contribution in [-0.2, 0) is 0 Å². The maximum Gasteiger partial charge on any atom is 0.0409 e. The summed E-state index contributed by atoms with van der Waals surface area (Å²) in [6.45, 7) is 8.90. The molecule has 0 saturated carbocycles. The van der Waals surface area contributed by atoms with Crippen LogP contribution in [0.4, 0.5) is 0 Å². The Balaban J connectivity index is 2.72. The van der Waals surface area contributed by atoms with Gasteiger partial charge in [0.1, 0.15) is 0 Å². The van der Waals surface area contributed by atoms with E-state index in [4.69, 9.17) is 0 Å². The van der Waals surface area contributed by atoms with Crippen molar-refractivity contribution in [1.29, 1.82) is 0 Å². The number of nitrogens with one attached hydrogen (secondary N) is 1. The van der Waals surface area contributed by atoms with E-state index in [-0.39, 0.29) is 0 Å². The van der Waals surface area contributed by atoms with E-state index in [9.17, 15) is 0 Å². The molecule has 0 aliphatic rings. The minimum absolute atomic E-state index is 0.465. The predicted molar refractivity (Wildman–Crippen MR) is 79.9 cm³/mol. The molecule has 0 amide bonds. The first-order valence-electron chi connectivity index (χ1n) is 6.43. The monoisotopic (exact) mass is 251 g/mol. The first kappa shape index (κ1) is 14.6. The van der Waals surface area contributed by atoms with Crippen LogP contribution in [0.1, 0.15) is 43.0 Å². The zero-order valence-corrected chi connectivity index (χ0v) is 12.5. The molecule has 1 N–H and O–H groups in total. The molecule has 1 aromatic rings. The molecule has 0 aliphatic heterocycles. The zero-order valence-electron chi connectivity index (χ0n) is 11.7. The molecular formula is C15H25NS. The first-order valence-corrected chi connectivity index (χ1v) is 7.48. The van der Waals surface area contributed by atoms with Crippen molar-refractivity contribution in [1.82, 2.24) is 5.32 Å². The lowest BCUT2D eigenvalue weighted by Gasteiger charge is -2.19. The molecule has 0 spiro atoms. The summed E-state index contributed by atoms with van der Waals surface area (Å²) in [5, 5.41) is 4.18. The van der Waals surface area contributed by atoms with E-state index < -0.39 is 0 Å². The highest BCUT2D eigenvalue weighted by atomic mass is 32.2. The molecule has 1 nitrogen and oxygen atoms in total. The molecule has 0 fully saturated rings. The molecule has 17 heavy (non-hydrogen) atoms. The normalized spacial score (nSPS) is 14.6. The second-order valence-electron chi connectivity index (χ2n) is 4.81. The van der Waals surface area contributed by atoms with Crippen molar-refractivity contribution in [2.75, 3.05) is 12.8 Å². The van der Waals surface area contributed by atoms with Crippen LogP contribution in [0.3, 0.4) is 0 Å². The summed E-state index contributed by atoms with van der Waals surface area (Å²) in [6.07, 6.45) is 1.24. The van der Waals surface area contributed by atoms with E-state index in [1.165, 1.54) is 23.1 Å². The molecule has 0 heterocycles. The summed E-state index contributed by atoms with van der Waals surface area (Å²) in [5.74, 6) is 1.15. The van der Waals surface area contributed by atoms with E-state index in [1.54, 1.807) is 0 Å². The van der Waals surface area contributed by atoms with Crippen LogP contribution in [-0.4, -0.2) is 18.1 Å². The quantitative estimate of drug-likeness (QED) is 0.817. The van der Waals surface area contributed by atoms with Gasteiger partial charge in [0.2, 0.25) is 0 Å². The number of thioether (sulfide) groups is 1. The molecule has 2 heteroatoms. The number of aryl methyl sites for hydroxylation is 2. The van der Waals surface area contributed by atoms with Crippen molar-refractivity contribution >= 4 is 11.8 Å². The van der Waals surface area contributed by atoms with Crippen LogP contribution in [0.15, 0.2) is 18.2 Å². The van der Waals surface area contributed by atoms with Gasteiger partial charge in [-0.1, -0.05) is 43.2 Å². The topological polar surface area (TPSA) is 12.0 Å².